The number of amides is 4. The summed E-state index contributed by atoms with van der Waals surface area (Å²) in [6, 6.07) is 13.5. The van der Waals surface area contributed by atoms with Gasteiger partial charge in [0, 0.05) is 30.0 Å². The van der Waals surface area contributed by atoms with Crippen molar-refractivity contribution in [3.8, 4) is 5.75 Å². The molecule has 2 aliphatic heterocycles. The third kappa shape index (κ3) is 6.78. The zero-order chi connectivity index (χ0) is 26.2. The number of nitroso groups, excluding NO2 is 1. The van der Waals surface area contributed by atoms with Crippen molar-refractivity contribution in [2.24, 2.45) is 5.18 Å². The number of nitrogens with zero attached hydrogens (tertiary/aromatic N) is 3. The van der Waals surface area contributed by atoms with E-state index in [4.69, 9.17) is 16.3 Å². The quantitative estimate of drug-likeness (QED) is 0.260. The first-order valence-electron chi connectivity index (χ1n) is 11.8. The second-order valence-electron chi connectivity index (χ2n) is 8.26. The highest BCUT2D eigenvalue weighted by Crippen LogP contribution is 2.22. The molecule has 0 spiro atoms. The maximum absolute atomic E-state index is 13.1. The number of rotatable bonds is 11. The van der Waals surface area contributed by atoms with Crippen LogP contribution in [0.5, 0.6) is 5.75 Å². The van der Waals surface area contributed by atoms with Crippen LogP contribution in [0.2, 0.25) is 5.02 Å². The summed E-state index contributed by atoms with van der Waals surface area (Å²) in [5.74, 6) is 1.24. The molecule has 1 fully saturated rings. The molecule has 194 valence electrons. The van der Waals surface area contributed by atoms with Gasteiger partial charge in [-0.3, -0.25) is 15.5 Å². The summed E-state index contributed by atoms with van der Waals surface area (Å²) in [4.78, 5) is 38.6. The number of imide groups is 1. The molecular formula is C25H28ClN7O4. The standard InChI is InChI=1S/C25H28ClN7O4/c1-2-32-24(34)31-23(33(25(32)35)16-17-3-5-18(26)6-4-17)30-19-7-9-20(10-8-19)37-21-11-12-27-22(15-21)28-13-14-29-36/h3-12,15,22-23,27-28,30H,2,13-14,16H2,1H3,(H,31,34). The Hall–Kier alpha value is -4.09. The van der Waals surface area contributed by atoms with Crippen molar-refractivity contribution < 1.29 is 14.3 Å². The number of benzene rings is 2. The van der Waals surface area contributed by atoms with Crippen molar-refractivity contribution in [2.75, 3.05) is 25.0 Å². The monoisotopic (exact) mass is 525 g/mol. The predicted octanol–water partition coefficient (Wildman–Crippen LogP) is 3.76. The number of carbonyl (C=O) groups excluding carboxylic acids is 2. The summed E-state index contributed by atoms with van der Waals surface area (Å²) in [6.45, 7) is 2.91. The van der Waals surface area contributed by atoms with Crippen LogP contribution in [-0.4, -0.2) is 54.0 Å². The number of nitrogens with one attached hydrogen (secondary N) is 4. The SMILES string of the molecule is CCN1C(=O)NC(Nc2ccc(OC3=CC(NCCN=O)NC=C3)cc2)N(Cc2ccc(Cl)cc2)C1=O. The van der Waals surface area contributed by atoms with Crippen molar-refractivity contribution in [1.29, 1.82) is 0 Å². The molecule has 0 aromatic heterocycles. The Bertz CT molecular complexity index is 1170. The Morgan fingerprint density at radius 1 is 1.11 bits per heavy atom. The molecule has 11 nitrogen and oxygen atoms in total. The summed E-state index contributed by atoms with van der Waals surface area (Å²) in [7, 11) is 0. The van der Waals surface area contributed by atoms with Crippen LogP contribution in [0.15, 0.2) is 77.8 Å². The van der Waals surface area contributed by atoms with Gasteiger partial charge in [-0.15, -0.1) is 0 Å². The zero-order valence-corrected chi connectivity index (χ0v) is 20.9. The first-order valence-corrected chi connectivity index (χ1v) is 12.2. The predicted molar refractivity (Wildman–Crippen MR) is 141 cm³/mol. The highest BCUT2D eigenvalue weighted by molar-refractivity contribution is 6.30. The third-order valence-electron chi connectivity index (χ3n) is 5.69. The number of carbonyl (C=O) groups is 2. The van der Waals surface area contributed by atoms with E-state index in [1.165, 1.54) is 0 Å². The highest BCUT2D eigenvalue weighted by Gasteiger charge is 2.37. The molecule has 4 rings (SSSR count). The van der Waals surface area contributed by atoms with Gasteiger partial charge in [-0.2, -0.15) is 4.91 Å². The lowest BCUT2D eigenvalue weighted by Crippen LogP contribution is -2.66. The zero-order valence-electron chi connectivity index (χ0n) is 20.2. The maximum Gasteiger partial charge on any atom is 0.331 e. The summed E-state index contributed by atoms with van der Waals surface area (Å²) < 4.78 is 5.94. The second-order valence-corrected chi connectivity index (χ2v) is 8.69. The van der Waals surface area contributed by atoms with Crippen molar-refractivity contribution >= 4 is 29.4 Å². The smallest absolute Gasteiger partial charge is 0.331 e. The minimum absolute atomic E-state index is 0.176. The van der Waals surface area contributed by atoms with Crippen molar-refractivity contribution in [3.05, 3.63) is 88.1 Å². The molecule has 1 saturated heterocycles. The molecule has 4 amide bonds. The minimum atomic E-state index is -0.756. The van der Waals surface area contributed by atoms with Crippen LogP contribution >= 0.6 is 11.6 Å². The van der Waals surface area contributed by atoms with Gasteiger partial charge in [0.1, 0.15) is 11.5 Å². The van der Waals surface area contributed by atoms with Gasteiger partial charge in [-0.25, -0.2) is 14.5 Å². The maximum atomic E-state index is 13.1. The Kier molecular flexibility index (Phi) is 8.60. The van der Waals surface area contributed by atoms with Gasteiger partial charge in [0.2, 0.25) is 0 Å². The molecule has 0 bridgehead atoms. The van der Waals surface area contributed by atoms with E-state index < -0.39 is 18.4 Å². The Balaban J connectivity index is 1.43. The topological polar surface area (TPSA) is 127 Å². The number of hydrogen-bond acceptors (Lipinski definition) is 8. The summed E-state index contributed by atoms with van der Waals surface area (Å²) >= 11 is 6.00. The second kappa shape index (κ2) is 12.2. The number of anilines is 1. The van der Waals surface area contributed by atoms with E-state index in [2.05, 4.69) is 26.4 Å². The van der Waals surface area contributed by atoms with Crippen LogP contribution in [-0.2, 0) is 6.54 Å². The molecule has 0 saturated carbocycles. The summed E-state index contributed by atoms with van der Waals surface area (Å²) in [6.07, 6.45) is 4.47. The fourth-order valence-corrected chi connectivity index (χ4v) is 3.96. The first kappa shape index (κ1) is 26.0. The number of allylic oxidation sites excluding steroid dienone is 1. The fourth-order valence-electron chi connectivity index (χ4n) is 3.83. The first-order chi connectivity index (χ1) is 18.0. The largest absolute Gasteiger partial charge is 0.458 e. The van der Waals surface area contributed by atoms with Crippen molar-refractivity contribution in [1.82, 2.24) is 25.8 Å². The van der Waals surface area contributed by atoms with E-state index in [-0.39, 0.29) is 25.8 Å². The van der Waals surface area contributed by atoms with E-state index in [1.54, 1.807) is 60.5 Å². The average molecular weight is 526 g/mol. The van der Waals surface area contributed by atoms with Gasteiger partial charge in [0.05, 0.1) is 19.3 Å². The van der Waals surface area contributed by atoms with Gasteiger partial charge < -0.3 is 15.4 Å². The number of urea groups is 2. The summed E-state index contributed by atoms with van der Waals surface area (Å²) in [5.41, 5.74) is 1.56. The van der Waals surface area contributed by atoms with Crippen LogP contribution in [0.25, 0.3) is 0 Å². The van der Waals surface area contributed by atoms with Gasteiger partial charge in [-0.05, 0) is 61.0 Å². The number of ether oxygens (including phenoxy) is 1. The van der Waals surface area contributed by atoms with Gasteiger partial charge in [0.25, 0.3) is 0 Å². The molecule has 0 aliphatic carbocycles. The number of halogens is 1. The van der Waals surface area contributed by atoms with E-state index in [0.717, 1.165) is 10.5 Å². The molecule has 2 heterocycles. The molecule has 12 heteroatoms. The van der Waals surface area contributed by atoms with Crippen molar-refractivity contribution in [3.63, 3.8) is 0 Å². The molecule has 2 aromatic carbocycles. The molecular weight excluding hydrogens is 498 g/mol. The van der Waals surface area contributed by atoms with Crippen LogP contribution < -0.4 is 26.0 Å². The number of dihydropyridines is 1. The lowest BCUT2D eigenvalue weighted by atomic mass is 10.2. The normalized spacial score (nSPS) is 19.1. The lowest BCUT2D eigenvalue weighted by molar-refractivity contribution is 0.108. The fraction of sp³-hybridized carbons (Fsp3) is 0.280. The Morgan fingerprint density at radius 3 is 2.57 bits per heavy atom. The van der Waals surface area contributed by atoms with Crippen LogP contribution in [0, 0.1) is 4.91 Å². The van der Waals surface area contributed by atoms with E-state index in [9.17, 15) is 14.5 Å². The van der Waals surface area contributed by atoms with Gasteiger partial charge >= 0.3 is 12.1 Å². The Morgan fingerprint density at radius 2 is 1.86 bits per heavy atom. The van der Waals surface area contributed by atoms with Crippen molar-refractivity contribution in [2.45, 2.75) is 25.9 Å². The number of hydrogen-bond donors (Lipinski definition) is 4. The highest BCUT2D eigenvalue weighted by atomic mass is 35.5. The van der Waals surface area contributed by atoms with Crippen LogP contribution in [0.1, 0.15) is 12.5 Å². The molecule has 2 unspecified atom stereocenters. The van der Waals surface area contributed by atoms with Gasteiger partial charge in [0.15, 0.2) is 6.29 Å². The Labute approximate surface area is 219 Å². The van der Waals surface area contributed by atoms with Crippen LogP contribution in [0.3, 0.4) is 0 Å². The summed E-state index contributed by atoms with van der Waals surface area (Å²) in [5, 5.41) is 15.7. The molecule has 4 N–H and O–H groups in total. The van der Waals surface area contributed by atoms with Crippen LogP contribution in [0.4, 0.5) is 15.3 Å². The van der Waals surface area contributed by atoms with E-state index in [1.807, 2.05) is 18.2 Å². The van der Waals surface area contributed by atoms with E-state index >= 15 is 0 Å². The third-order valence-corrected chi connectivity index (χ3v) is 5.94. The molecule has 0 radical (unpaired) electrons. The molecule has 2 aromatic rings. The molecule has 37 heavy (non-hydrogen) atoms. The molecule has 2 atom stereocenters. The minimum Gasteiger partial charge on any atom is -0.458 e. The lowest BCUT2D eigenvalue weighted by Gasteiger charge is -2.41. The molecule has 2 aliphatic rings. The van der Waals surface area contributed by atoms with E-state index in [0.29, 0.717) is 28.8 Å². The van der Waals surface area contributed by atoms with Gasteiger partial charge in [-0.1, -0.05) is 28.9 Å². The average Bonchev–Trinajstić information content (AvgIpc) is 2.89.